The average molecular weight is 185 g/mol. The summed E-state index contributed by atoms with van der Waals surface area (Å²) in [6.07, 6.45) is 4.57. The van der Waals surface area contributed by atoms with Crippen LogP contribution in [0.15, 0.2) is 5.16 Å². The van der Waals surface area contributed by atoms with Gasteiger partial charge in [-0.05, 0) is 32.4 Å². The maximum absolute atomic E-state index is 8.57. The molecule has 1 saturated heterocycles. The van der Waals surface area contributed by atoms with Crippen LogP contribution in [-0.2, 0) is 0 Å². The van der Waals surface area contributed by atoms with Gasteiger partial charge in [-0.2, -0.15) is 0 Å². The number of amidine groups is 1. The molecule has 1 aliphatic rings. The summed E-state index contributed by atoms with van der Waals surface area (Å²) in [5.41, 5.74) is 5.60. The zero-order chi connectivity index (χ0) is 9.68. The molecule has 0 bridgehead atoms. The molecule has 1 unspecified atom stereocenters. The zero-order valence-electron chi connectivity index (χ0n) is 8.24. The molecule has 1 atom stereocenters. The summed E-state index contributed by atoms with van der Waals surface area (Å²) >= 11 is 0. The first kappa shape index (κ1) is 10.3. The SMILES string of the molecule is CCCCN1CCCC1C(N)=NO. The van der Waals surface area contributed by atoms with Gasteiger partial charge in [0.1, 0.15) is 0 Å². The number of unbranched alkanes of at least 4 members (excludes halogenated alkanes) is 1. The molecule has 1 fully saturated rings. The van der Waals surface area contributed by atoms with Crippen molar-refractivity contribution in [3.8, 4) is 0 Å². The number of rotatable bonds is 4. The molecule has 0 radical (unpaired) electrons. The van der Waals surface area contributed by atoms with Crippen LogP contribution in [-0.4, -0.2) is 35.1 Å². The molecule has 0 spiro atoms. The van der Waals surface area contributed by atoms with Gasteiger partial charge in [-0.25, -0.2) is 0 Å². The Morgan fingerprint density at radius 2 is 2.46 bits per heavy atom. The lowest BCUT2D eigenvalue weighted by molar-refractivity contribution is 0.277. The Labute approximate surface area is 79.4 Å². The van der Waals surface area contributed by atoms with E-state index in [1.54, 1.807) is 0 Å². The highest BCUT2D eigenvalue weighted by molar-refractivity contribution is 5.85. The first-order valence-corrected chi connectivity index (χ1v) is 5.01. The third-order valence-corrected chi connectivity index (χ3v) is 2.62. The normalized spacial score (nSPS) is 25.3. The quantitative estimate of drug-likeness (QED) is 0.297. The zero-order valence-corrected chi connectivity index (χ0v) is 8.24. The number of likely N-dealkylation sites (tertiary alicyclic amines) is 1. The molecular formula is C9H19N3O. The summed E-state index contributed by atoms with van der Waals surface area (Å²) in [6.45, 7) is 4.33. The number of nitrogens with zero attached hydrogens (tertiary/aromatic N) is 2. The highest BCUT2D eigenvalue weighted by Gasteiger charge is 2.26. The van der Waals surface area contributed by atoms with Gasteiger partial charge in [-0.1, -0.05) is 18.5 Å². The first-order valence-electron chi connectivity index (χ1n) is 5.01. The predicted molar refractivity (Wildman–Crippen MR) is 52.9 cm³/mol. The van der Waals surface area contributed by atoms with Gasteiger partial charge in [0.15, 0.2) is 5.84 Å². The van der Waals surface area contributed by atoms with Crippen LogP contribution in [0.25, 0.3) is 0 Å². The number of oxime groups is 1. The van der Waals surface area contributed by atoms with Crippen LogP contribution in [0.4, 0.5) is 0 Å². The lowest BCUT2D eigenvalue weighted by Crippen LogP contribution is -2.40. The van der Waals surface area contributed by atoms with Crippen molar-refractivity contribution in [1.82, 2.24) is 4.90 Å². The van der Waals surface area contributed by atoms with Gasteiger partial charge in [0, 0.05) is 0 Å². The highest BCUT2D eigenvalue weighted by Crippen LogP contribution is 2.17. The van der Waals surface area contributed by atoms with E-state index < -0.39 is 0 Å². The topological polar surface area (TPSA) is 61.8 Å². The predicted octanol–water partition coefficient (Wildman–Crippen LogP) is 0.997. The number of hydrogen-bond donors (Lipinski definition) is 2. The largest absolute Gasteiger partial charge is 0.409 e. The van der Waals surface area contributed by atoms with Crippen LogP contribution in [0, 0.1) is 0 Å². The van der Waals surface area contributed by atoms with Crippen LogP contribution in [0.5, 0.6) is 0 Å². The van der Waals surface area contributed by atoms with E-state index in [1.807, 2.05) is 0 Å². The molecule has 1 heterocycles. The van der Waals surface area contributed by atoms with Crippen molar-refractivity contribution in [3.05, 3.63) is 0 Å². The van der Waals surface area contributed by atoms with Crippen molar-refractivity contribution in [1.29, 1.82) is 0 Å². The number of hydrogen-bond acceptors (Lipinski definition) is 3. The maximum Gasteiger partial charge on any atom is 0.156 e. The van der Waals surface area contributed by atoms with Gasteiger partial charge >= 0.3 is 0 Å². The summed E-state index contributed by atoms with van der Waals surface area (Å²) in [7, 11) is 0. The van der Waals surface area contributed by atoms with Crippen molar-refractivity contribution in [3.63, 3.8) is 0 Å². The lowest BCUT2D eigenvalue weighted by atomic mass is 10.2. The van der Waals surface area contributed by atoms with E-state index in [9.17, 15) is 0 Å². The fraction of sp³-hybridized carbons (Fsp3) is 0.889. The molecule has 0 aromatic heterocycles. The van der Waals surface area contributed by atoms with Crippen LogP contribution >= 0.6 is 0 Å². The second kappa shape index (κ2) is 5.07. The molecule has 0 saturated carbocycles. The minimum atomic E-state index is 0.177. The Morgan fingerprint density at radius 1 is 1.69 bits per heavy atom. The Hall–Kier alpha value is -0.770. The van der Waals surface area contributed by atoms with Gasteiger partial charge in [-0.15, -0.1) is 0 Å². The molecule has 4 nitrogen and oxygen atoms in total. The van der Waals surface area contributed by atoms with Crippen molar-refractivity contribution in [2.24, 2.45) is 10.9 Å². The Morgan fingerprint density at radius 3 is 3.08 bits per heavy atom. The van der Waals surface area contributed by atoms with E-state index >= 15 is 0 Å². The van der Waals surface area contributed by atoms with E-state index in [0.29, 0.717) is 5.84 Å². The second-order valence-corrected chi connectivity index (χ2v) is 3.57. The van der Waals surface area contributed by atoms with Crippen molar-refractivity contribution in [2.45, 2.75) is 38.6 Å². The van der Waals surface area contributed by atoms with Crippen molar-refractivity contribution >= 4 is 5.84 Å². The van der Waals surface area contributed by atoms with E-state index in [4.69, 9.17) is 10.9 Å². The molecule has 0 amide bonds. The molecule has 0 aromatic carbocycles. The van der Waals surface area contributed by atoms with E-state index in [-0.39, 0.29) is 6.04 Å². The standard InChI is InChI=1S/C9H19N3O/c1-2-3-6-12-7-4-5-8(12)9(10)11-13/h8,13H,2-7H2,1H3,(H2,10,11). The highest BCUT2D eigenvalue weighted by atomic mass is 16.4. The molecule has 3 N–H and O–H groups in total. The number of nitrogens with two attached hydrogens (primary N) is 1. The van der Waals surface area contributed by atoms with Crippen LogP contribution < -0.4 is 5.73 Å². The van der Waals surface area contributed by atoms with Gasteiger partial charge in [0.25, 0.3) is 0 Å². The molecule has 76 valence electrons. The minimum absolute atomic E-state index is 0.177. The molecular weight excluding hydrogens is 166 g/mol. The average Bonchev–Trinajstić information content (AvgIpc) is 2.61. The summed E-state index contributed by atoms with van der Waals surface area (Å²) in [4.78, 5) is 2.30. The maximum atomic E-state index is 8.57. The summed E-state index contributed by atoms with van der Waals surface area (Å²) in [6, 6.07) is 0.177. The van der Waals surface area contributed by atoms with E-state index in [0.717, 1.165) is 25.9 Å². The first-order chi connectivity index (χ1) is 6.29. The van der Waals surface area contributed by atoms with Gasteiger partial charge in [0.05, 0.1) is 6.04 Å². The second-order valence-electron chi connectivity index (χ2n) is 3.57. The molecule has 1 rings (SSSR count). The molecule has 13 heavy (non-hydrogen) atoms. The molecule has 0 aromatic rings. The summed E-state index contributed by atoms with van der Waals surface area (Å²) in [5, 5.41) is 11.7. The molecule has 0 aliphatic carbocycles. The summed E-state index contributed by atoms with van der Waals surface area (Å²) < 4.78 is 0. The fourth-order valence-electron chi connectivity index (χ4n) is 1.86. The lowest BCUT2D eigenvalue weighted by Gasteiger charge is -2.22. The minimum Gasteiger partial charge on any atom is -0.409 e. The Balaban J connectivity index is 2.44. The Kier molecular flexibility index (Phi) is 4.02. The monoisotopic (exact) mass is 185 g/mol. The summed E-state index contributed by atoms with van der Waals surface area (Å²) in [5.74, 6) is 0.369. The van der Waals surface area contributed by atoms with Crippen LogP contribution in [0.2, 0.25) is 0 Å². The van der Waals surface area contributed by atoms with Crippen molar-refractivity contribution < 1.29 is 5.21 Å². The van der Waals surface area contributed by atoms with Crippen LogP contribution in [0.3, 0.4) is 0 Å². The smallest absolute Gasteiger partial charge is 0.156 e. The van der Waals surface area contributed by atoms with Crippen LogP contribution in [0.1, 0.15) is 32.6 Å². The van der Waals surface area contributed by atoms with E-state index in [1.165, 1.54) is 12.8 Å². The third-order valence-electron chi connectivity index (χ3n) is 2.62. The third kappa shape index (κ3) is 2.59. The fourth-order valence-corrected chi connectivity index (χ4v) is 1.86. The molecule has 1 aliphatic heterocycles. The molecule has 4 heteroatoms. The van der Waals surface area contributed by atoms with Gasteiger partial charge in [0.2, 0.25) is 0 Å². The van der Waals surface area contributed by atoms with E-state index in [2.05, 4.69) is 17.0 Å². The van der Waals surface area contributed by atoms with Gasteiger partial charge in [-0.3, -0.25) is 4.90 Å². The van der Waals surface area contributed by atoms with Gasteiger partial charge < -0.3 is 10.9 Å². The Bertz CT molecular complexity index is 182. The van der Waals surface area contributed by atoms with Crippen molar-refractivity contribution in [2.75, 3.05) is 13.1 Å².